The molecule has 0 bridgehead atoms. The molecule has 0 amide bonds. The molecule has 0 saturated carbocycles. The molecule has 4 rings (SSSR count). The lowest BCUT2D eigenvalue weighted by atomic mass is 9.96. The van der Waals surface area contributed by atoms with Crippen LogP contribution in [0.3, 0.4) is 0 Å². The minimum absolute atomic E-state index is 0.0000669. The largest absolute Gasteiger partial charge is 0.507 e. The van der Waals surface area contributed by atoms with E-state index >= 15 is 0 Å². The van der Waals surface area contributed by atoms with E-state index in [4.69, 9.17) is 0 Å². The molecule has 4 aromatic carbocycles. The fraction of sp³-hybridized carbons (Fsp3) is 0. The molecule has 0 aliphatic carbocycles. The Labute approximate surface area is 145 Å². The Balaban J connectivity index is 1.87. The van der Waals surface area contributed by atoms with Gasteiger partial charge in [0.1, 0.15) is 5.75 Å². The van der Waals surface area contributed by atoms with Crippen molar-refractivity contribution in [1.82, 2.24) is 0 Å². The van der Waals surface area contributed by atoms with Crippen LogP contribution in [-0.2, 0) is 0 Å². The average Bonchev–Trinajstić information content (AvgIpc) is 2.65. The van der Waals surface area contributed by atoms with Crippen LogP contribution in [0.4, 0.5) is 0 Å². The highest BCUT2D eigenvalue weighted by Crippen LogP contribution is 2.29. The van der Waals surface area contributed by atoms with E-state index in [0.717, 1.165) is 27.1 Å². The summed E-state index contributed by atoms with van der Waals surface area (Å²) < 4.78 is 0. The van der Waals surface area contributed by atoms with E-state index in [0.29, 0.717) is 5.56 Å². The Morgan fingerprint density at radius 3 is 1.96 bits per heavy atom. The molecule has 0 radical (unpaired) electrons. The number of phenolic OH excluding ortho intramolecular Hbond substituents is 1. The number of para-hydroxylation sites is 1. The maximum Gasteiger partial charge on any atom is 0.189 e. The van der Waals surface area contributed by atoms with Gasteiger partial charge in [-0.05, 0) is 57.5 Å². The van der Waals surface area contributed by atoms with Crippen molar-refractivity contribution in [2.75, 3.05) is 0 Å². The van der Waals surface area contributed by atoms with Crippen LogP contribution < -0.4 is 0 Å². The lowest BCUT2D eigenvalue weighted by Crippen LogP contribution is -1.94. The van der Waals surface area contributed by atoms with Crippen LogP contribution in [-0.4, -0.2) is 10.9 Å². The van der Waals surface area contributed by atoms with Gasteiger partial charge in [0.2, 0.25) is 0 Å². The summed E-state index contributed by atoms with van der Waals surface area (Å²) in [5.74, 6) is -0.213. The van der Waals surface area contributed by atoms with E-state index in [9.17, 15) is 9.90 Å². The average molecular weight is 324 g/mol. The van der Waals surface area contributed by atoms with Crippen LogP contribution in [0.5, 0.6) is 5.75 Å². The SMILES string of the molecule is O=C(C=Cc1c2ccccc2cc2ccccc12)c1ccccc1O. The number of carbonyl (C=O) groups excluding carboxylic acids is 1. The second-order valence-electron chi connectivity index (χ2n) is 5.95. The lowest BCUT2D eigenvalue weighted by molar-refractivity contribution is 0.104. The summed E-state index contributed by atoms with van der Waals surface area (Å²) in [6, 6.07) is 25.0. The van der Waals surface area contributed by atoms with Gasteiger partial charge in [0, 0.05) is 0 Å². The zero-order valence-electron chi connectivity index (χ0n) is 13.5. The molecule has 0 atom stereocenters. The van der Waals surface area contributed by atoms with E-state index in [2.05, 4.69) is 30.3 Å². The first-order valence-corrected chi connectivity index (χ1v) is 8.15. The van der Waals surface area contributed by atoms with Gasteiger partial charge < -0.3 is 5.11 Å². The molecule has 0 fully saturated rings. The van der Waals surface area contributed by atoms with Crippen molar-refractivity contribution in [3.8, 4) is 5.75 Å². The number of rotatable bonds is 3. The first-order valence-electron chi connectivity index (χ1n) is 8.15. The molecule has 0 unspecified atom stereocenters. The van der Waals surface area contributed by atoms with Crippen LogP contribution >= 0.6 is 0 Å². The molecule has 25 heavy (non-hydrogen) atoms. The van der Waals surface area contributed by atoms with Crippen molar-refractivity contribution < 1.29 is 9.90 Å². The van der Waals surface area contributed by atoms with Gasteiger partial charge in [-0.15, -0.1) is 0 Å². The molecule has 0 heterocycles. The molecule has 2 nitrogen and oxygen atoms in total. The number of aromatic hydroxyl groups is 1. The Morgan fingerprint density at radius 2 is 1.32 bits per heavy atom. The predicted molar refractivity (Wildman–Crippen MR) is 103 cm³/mol. The molecule has 0 saturated heterocycles. The third kappa shape index (κ3) is 2.79. The zero-order chi connectivity index (χ0) is 17.2. The Bertz CT molecular complexity index is 1070. The van der Waals surface area contributed by atoms with Gasteiger partial charge in [-0.2, -0.15) is 0 Å². The molecular formula is C23H16O2. The van der Waals surface area contributed by atoms with Crippen molar-refractivity contribution >= 4 is 33.4 Å². The topological polar surface area (TPSA) is 37.3 Å². The maximum absolute atomic E-state index is 12.5. The molecule has 120 valence electrons. The monoisotopic (exact) mass is 324 g/mol. The summed E-state index contributed by atoms with van der Waals surface area (Å²) in [5, 5.41) is 14.3. The fourth-order valence-electron chi connectivity index (χ4n) is 3.16. The summed E-state index contributed by atoms with van der Waals surface area (Å²) in [6.45, 7) is 0. The van der Waals surface area contributed by atoms with E-state index in [-0.39, 0.29) is 11.5 Å². The number of benzene rings is 4. The molecule has 0 spiro atoms. The lowest BCUT2D eigenvalue weighted by Gasteiger charge is -2.08. The van der Waals surface area contributed by atoms with Crippen LogP contribution in [0, 0.1) is 0 Å². The van der Waals surface area contributed by atoms with Crippen LogP contribution in [0.15, 0.2) is 84.9 Å². The molecule has 0 aromatic heterocycles. The van der Waals surface area contributed by atoms with Gasteiger partial charge in [-0.1, -0.05) is 60.7 Å². The summed E-state index contributed by atoms with van der Waals surface area (Å²) in [4.78, 5) is 12.5. The highest BCUT2D eigenvalue weighted by Gasteiger charge is 2.08. The second kappa shape index (κ2) is 6.25. The molecular weight excluding hydrogens is 308 g/mol. The molecule has 0 aliphatic heterocycles. The van der Waals surface area contributed by atoms with Crippen LogP contribution in [0.25, 0.3) is 27.6 Å². The van der Waals surface area contributed by atoms with Gasteiger partial charge in [0.25, 0.3) is 0 Å². The van der Waals surface area contributed by atoms with Crippen LogP contribution in [0.2, 0.25) is 0 Å². The Kier molecular flexibility index (Phi) is 3.79. The van der Waals surface area contributed by atoms with Gasteiger partial charge >= 0.3 is 0 Å². The number of hydrogen-bond donors (Lipinski definition) is 1. The standard InChI is InChI=1S/C23H16O2/c24-22-12-6-5-11-21(22)23(25)14-13-20-18-9-3-1-7-16(18)15-17-8-2-4-10-19(17)20/h1-15,24H. The number of allylic oxidation sites excluding steroid dienone is 1. The van der Waals surface area contributed by atoms with E-state index in [1.165, 1.54) is 12.1 Å². The van der Waals surface area contributed by atoms with Gasteiger partial charge in [0.05, 0.1) is 5.56 Å². The number of phenols is 1. The van der Waals surface area contributed by atoms with Gasteiger partial charge in [-0.3, -0.25) is 4.79 Å². The third-order valence-electron chi connectivity index (χ3n) is 4.38. The number of fused-ring (bicyclic) bond motifs is 2. The normalized spacial score (nSPS) is 11.4. The van der Waals surface area contributed by atoms with Crippen molar-refractivity contribution in [3.05, 3.63) is 96.1 Å². The van der Waals surface area contributed by atoms with Crippen LogP contribution in [0.1, 0.15) is 15.9 Å². The molecule has 4 aromatic rings. The van der Waals surface area contributed by atoms with E-state index in [1.807, 2.05) is 30.3 Å². The zero-order valence-corrected chi connectivity index (χ0v) is 13.5. The number of ketones is 1. The van der Waals surface area contributed by atoms with Gasteiger partial charge in [0.15, 0.2) is 5.78 Å². The third-order valence-corrected chi connectivity index (χ3v) is 4.38. The minimum atomic E-state index is -0.213. The maximum atomic E-state index is 12.5. The van der Waals surface area contributed by atoms with Crippen molar-refractivity contribution in [3.63, 3.8) is 0 Å². The Hall–Kier alpha value is -3.39. The molecule has 0 aliphatic rings. The first kappa shape index (κ1) is 15.2. The number of carbonyl (C=O) groups is 1. The summed E-state index contributed by atoms with van der Waals surface area (Å²) >= 11 is 0. The minimum Gasteiger partial charge on any atom is -0.507 e. The highest BCUT2D eigenvalue weighted by molar-refractivity contribution is 6.12. The quantitative estimate of drug-likeness (QED) is 0.303. The smallest absolute Gasteiger partial charge is 0.189 e. The van der Waals surface area contributed by atoms with Crippen molar-refractivity contribution in [2.45, 2.75) is 0 Å². The van der Waals surface area contributed by atoms with Crippen molar-refractivity contribution in [1.29, 1.82) is 0 Å². The molecule has 1 N–H and O–H groups in total. The summed E-state index contributed by atoms with van der Waals surface area (Å²) in [5.41, 5.74) is 1.32. The first-order chi connectivity index (χ1) is 12.2. The predicted octanol–water partition coefficient (Wildman–Crippen LogP) is 5.59. The van der Waals surface area contributed by atoms with E-state index < -0.39 is 0 Å². The van der Waals surface area contributed by atoms with Gasteiger partial charge in [-0.25, -0.2) is 0 Å². The summed E-state index contributed by atoms with van der Waals surface area (Å²) in [7, 11) is 0. The fourth-order valence-corrected chi connectivity index (χ4v) is 3.16. The van der Waals surface area contributed by atoms with E-state index in [1.54, 1.807) is 18.2 Å². The number of hydrogen-bond acceptors (Lipinski definition) is 2. The Morgan fingerprint density at radius 1 is 0.760 bits per heavy atom. The summed E-state index contributed by atoms with van der Waals surface area (Å²) in [6.07, 6.45) is 3.38. The highest BCUT2D eigenvalue weighted by atomic mass is 16.3. The second-order valence-corrected chi connectivity index (χ2v) is 5.95. The van der Waals surface area contributed by atoms with Crippen molar-refractivity contribution in [2.24, 2.45) is 0 Å². The molecule has 2 heteroatoms.